The largest absolute Gasteiger partial charge is 0.479 e. The maximum atomic E-state index is 8.94. The van der Waals surface area contributed by atoms with Crippen LogP contribution in [0.2, 0.25) is 0 Å². The van der Waals surface area contributed by atoms with Crippen LogP contribution in [0.3, 0.4) is 0 Å². The van der Waals surface area contributed by atoms with Crippen LogP contribution < -0.4 is 4.74 Å². The summed E-state index contributed by atoms with van der Waals surface area (Å²) in [7, 11) is 3.26. The molecule has 1 saturated heterocycles. The van der Waals surface area contributed by atoms with Crippen molar-refractivity contribution in [3.63, 3.8) is 0 Å². The number of rotatable bonds is 4. The standard InChI is InChI=1S/C14H15NO4/c1-16-7-14(8-17-2)13-12(18-13)10-5-9(6-15)3-4-11(10)19-14/h3-5,12-13H,7-8H2,1-2H3/t12-,13+/m0/s1. The molecule has 0 aliphatic carbocycles. The van der Waals surface area contributed by atoms with E-state index in [2.05, 4.69) is 6.07 Å². The summed E-state index contributed by atoms with van der Waals surface area (Å²) < 4.78 is 22.3. The van der Waals surface area contributed by atoms with E-state index in [4.69, 9.17) is 24.2 Å². The van der Waals surface area contributed by atoms with Gasteiger partial charge < -0.3 is 18.9 Å². The number of hydrogen-bond acceptors (Lipinski definition) is 5. The Morgan fingerprint density at radius 3 is 2.68 bits per heavy atom. The number of nitrogens with zero attached hydrogens (tertiary/aromatic N) is 1. The van der Waals surface area contributed by atoms with Crippen LogP contribution in [-0.2, 0) is 14.2 Å². The van der Waals surface area contributed by atoms with Gasteiger partial charge in [0.05, 0.1) is 24.8 Å². The molecule has 19 heavy (non-hydrogen) atoms. The zero-order valence-electron chi connectivity index (χ0n) is 10.9. The Balaban J connectivity index is 1.97. The fourth-order valence-corrected chi connectivity index (χ4v) is 2.71. The van der Waals surface area contributed by atoms with Crippen LogP contribution in [0.25, 0.3) is 0 Å². The minimum Gasteiger partial charge on any atom is -0.479 e. The molecular weight excluding hydrogens is 246 g/mol. The molecule has 1 aromatic rings. The number of epoxide rings is 1. The minimum atomic E-state index is -0.602. The fourth-order valence-electron chi connectivity index (χ4n) is 2.71. The molecule has 0 bridgehead atoms. The van der Waals surface area contributed by atoms with E-state index in [9.17, 15) is 0 Å². The number of ether oxygens (including phenoxy) is 4. The third kappa shape index (κ3) is 1.89. The molecule has 0 aromatic heterocycles. The lowest BCUT2D eigenvalue weighted by Gasteiger charge is -2.35. The van der Waals surface area contributed by atoms with E-state index in [1.807, 2.05) is 12.1 Å². The molecule has 2 aliphatic heterocycles. The number of benzene rings is 1. The summed E-state index contributed by atoms with van der Waals surface area (Å²) in [5, 5.41) is 8.94. The van der Waals surface area contributed by atoms with Gasteiger partial charge in [-0.25, -0.2) is 0 Å². The second-order valence-electron chi connectivity index (χ2n) is 4.87. The van der Waals surface area contributed by atoms with Crippen molar-refractivity contribution < 1.29 is 18.9 Å². The molecule has 2 aliphatic rings. The summed E-state index contributed by atoms with van der Waals surface area (Å²) >= 11 is 0. The topological polar surface area (TPSA) is 64.0 Å². The van der Waals surface area contributed by atoms with Gasteiger partial charge in [0.2, 0.25) is 0 Å². The highest BCUT2D eigenvalue weighted by molar-refractivity contribution is 5.48. The highest BCUT2D eigenvalue weighted by atomic mass is 16.7. The van der Waals surface area contributed by atoms with Crippen molar-refractivity contribution in [1.29, 1.82) is 5.26 Å². The van der Waals surface area contributed by atoms with Gasteiger partial charge in [0, 0.05) is 19.8 Å². The smallest absolute Gasteiger partial charge is 0.184 e. The zero-order chi connectivity index (χ0) is 13.5. The van der Waals surface area contributed by atoms with E-state index in [0.717, 1.165) is 11.3 Å². The van der Waals surface area contributed by atoms with Crippen LogP contribution >= 0.6 is 0 Å². The van der Waals surface area contributed by atoms with Crippen LogP contribution in [0.1, 0.15) is 17.2 Å². The van der Waals surface area contributed by atoms with Crippen LogP contribution in [0.15, 0.2) is 18.2 Å². The Kier molecular flexibility index (Phi) is 2.94. The molecule has 0 spiro atoms. The van der Waals surface area contributed by atoms with Crippen LogP contribution in [0.5, 0.6) is 5.75 Å². The van der Waals surface area contributed by atoms with Crippen molar-refractivity contribution in [1.82, 2.24) is 0 Å². The van der Waals surface area contributed by atoms with Crippen molar-refractivity contribution in [3.8, 4) is 11.8 Å². The van der Waals surface area contributed by atoms with Crippen molar-refractivity contribution in [2.45, 2.75) is 17.8 Å². The summed E-state index contributed by atoms with van der Waals surface area (Å²) in [5.74, 6) is 0.742. The second-order valence-corrected chi connectivity index (χ2v) is 4.87. The number of fused-ring (bicyclic) bond motifs is 3. The van der Waals surface area contributed by atoms with Gasteiger partial charge in [0.15, 0.2) is 5.60 Å². The monoisotopic (exact) mass is 261 g/mol. The summed E-state index contributed by atoms with van der Waals surface area (Å²) in [6, 6.07) is 7.50. The molecule has 2 heterocycles. The van der Waals surface area contributed by atoms with Crippen LogP contribution in [-0.4, -0.2) is 39.1 Å². The Morgan fingerprint density at radius 1 is 1.32 bits per heavy atom. The molecule has 0 saturated carbocycles. The first-order valence-corrected chi connectivity index (χ1v) is 6.10. The maximum absolute atomic E-state index is 8.94. The van der Waals surface area contributed by atoms with Crippen molar-refractivity contribution in [2.24, 2.45) is 0 Å². The van der Waals surface area contributed by atoms with Gasteiger partial charge in [-0.1, -0.05) is 0 Å². The Labute approximate surface area is 111 Å². The number of nitriles is 1. The molecule has 0 unspecified atom stereocenters. The molecule has 1 aromatic carbocycles. The molecule has 100 valence electrons. The molecule has 0 radical (unpaired) electrons. The predicted molar refractivity (Wildman–Crippen MR) is 65.9 cm³/mol. The van der Waals surface area contributed by atoms with Gasteiger partial charge in [0.25, 0.3) is 0 Å². The summed E-state index contributed by atoms with van der Waals surface area (Å²) in [6.07, 6.45) is -0.101. The van der Waals surface area contributed by atoms with Crippen LogP contribution in [0, 0.1) is 11.3 Å². The summed E-state index contributed by atoms with van der Waals surface area (Å²) in [4.78, 5) is 0. The normalized spacial score (nSPS) is 25.7. The van der Waals surface area contributed by atoms with Gasteiger partial charge in [-0.15, -0.1) is 0 Å². The SMILES string of the molecule is COCC1(COC)Oc2ccc(C#N)cc2[C@@H]2O[C@H]21. The minimum absolute atomic E-state index is 0.0256. The van der Waals surface area contributed by atoms with E-state index in [0.29, 0.717) is 18.8 Å². The van der Waals surface area contributed by atoms with Gasteiger partial charge in [-0.05, 0) is 18.2 Å². The fraction of sp³-hybridized carbons (Fsp3) is 0.500. The quantitative estimate of drug-likeness (QED) is 0.767. The van der Waals surface area contributed by atoms with E-state index < -0.39 is 5.60 Å². The summed E-state index contributed by atoms with van der Waals surface area (Å²) in [6.45, 7) is 0.808. The third-order valence-corrected chi connectivity index (χ3v) is 3.55. The van der Waals surface area contributed by atoms with Gasteiger partial charge in [-0.2, -0.15) is 5.26 Å². The first-order chi connectivity index (χ1) is 9.24. The zero-order valence-corrected chi connectivity index (χ0v) is 10.9. The highest BCUT2D eigenvalue weighted by Gasteiger charge is 2.61. The van der Waals surface area contributed by atoms with Gasteiger partial charge in [-0.3, -0.25) is 0 Å². The van der Waals surface area contributed by atoms with Gasteiger partial charge in [0.1, 0.15) is 18.0 Å². The maximum Gasteiger partial charge on any atom is 0.184 e. The Bertz CT molecular complexity index is 531. The average molecular weight is 261 g/mol. The average Bonchev–Trinajstić information content (AvgIpc) is 3.20. The summed E-state index contributed by atoms with van der Waals surface area (Å²) in [5.41, 5.74) is 0.949. The molecule has 0 N–H and O–H groups in total. The second kappa shape index (κ2) is 4.49. The molecule has 0 amide bonds. The number of hydrogen-bond donors (Lipinski definition) is 0. The first kappa shape index (κ1) is 12.4. The van der Waals surface area contributed by atoms with E-state index >= 15 is 0 Å². The van der Waals surface area contributed by atoms with Crippen molar-refractivity contribution in [3.05, 3.63) is 29.3 Å². The molecule has 2 atom stereocenters. The lowest BCUT2D eigenvalue weighted by molar-refractivity contribution is -0.0759. The third-order valence-electron chi connectivity index (χ3n) is 3.55. The van der Waals surface area contributed by atoms with Crippen LogP contribution in [0.4, 0.5) is 0 Å². The van der Waals surface area contributed by atoms with Crippen molar-refractivity contribution >= 4 is 0 Å². The molecule has 1 fully saturated rings. The molecular formula is C14H15NO4. The van der Waals surface area contributed by atoms with Crippen molar-refractivity contribution in [2.75, 3.05) is 27.4 Å². The lowest BCUT2D eigenvalue weighted by atomic mass is 9.91. The molecule has 5 heteroatoms. The predicted octanol–water partition coefficient (Wildman–Crippen LogP) is 1.42. The lowest BCUT2D eigenvalue weighted by Crippen LogP contribution is -2.52. The molecule has 5 nitrogen and oxygen atoms in total. The van der Waals surface area contributed by atoms with E-state index in [-0.39, 0.29) is 12.2 Å². The van der Waals surface area contributed by atoms with Gasteiger partial charge >= 0.3 is 0 Å². The molecule has 3 rings (SSSR count). The van der Waals surface area contributed by atoms with E-state index in [1.54, 1.807) is 20.3 Å². The number of methoxy groups -OCH3 is 2. The van der Waals surface area contributed by atoms with E-state index in [1.165, 1.54) is 0 Å². The Morgan fingerprint density at radius 2 is 2.05 bits per heavy atom. The first-order valence-electron chi connectivity index (χ1n) is 6.10. The highest BCUT2D eigenvalue weighted by Crippen LogP contribution is 2.54. The Hall–Kier alpha value is -1.61.